The van der Waals surface area contributed by atoms with Crippen LogP contribution < -0.4 is 10.1 Å². The van der Waals surface area contributed by atoms with Crippen molar-refractivity contribution in [3.8, 4) is 17.0 Å². The van der Waals surface area contributed by atoms with E-state index < -0.39 is 24.3 Å². The standard InChI is InChI=1S/C23H21F3N2O3/c1-22(2,30)15-10-12-16(13-11-15)27-21(29)19-8-5-7-18(28-19)17-6-3-4-9-20(17)31-14-23(24,25)26/h3-13,30H,14H2,1-2H3,(H,27,29). The van der Waals surface area contributed by atoms with Crippen molar-refractivity contribution < 1.29 is 27.8 Å². The summed E-state index contributed by atoms with van der Waals surface area (Å²) >= 11 is 0. The Kier molecular flexibility index (Phi) is 6.31. The highest BCUT2D eigenvalue weighted by atomic mass is 19.4. The molecule has 0 aliphatic carbocycles. The summed E-state index contributed by atoms with van der Waals surface area (Å²) in [6.45, 7) is 1.89. The number of rotatable bonds is 6. The van der Waals surface area contributed by atoms with Crippen LogP contribution in [0.4, 0.5) is 18.9 Å². The molecule has 0 atom stereocenters. The quantitative estimate of drug-likeness (QED) is 0.566. The van der Waals surface area contributed by atoms with Crippen LogP contribution in [0.5, 0.6) is 5.75 Å². The molecular weight excluding hydrogens is 409 g/mol. The fourth-order valence-electron chi connectivity index (χ4n) is 2.83. The van der Waals surface area contributed by atoms with Gasteiger partial charge in [0.25, 0.3) is 5.91 Å². The zero-order valence-electron chi connectivity index (χ0n) is 16.9. The van der Waals surface area contributed by atoms with Crippen LogP contribution in [0.3, 0.4) is 0 Å². The number of ether oxygens (including phenoxy) is 1. The monoisotopic (exact) mass is 430 g/mol. The molecule has 31 heavy (non-hydrogen) atoms. The third-order valence-electron chi connectivity index (χ3n) is 4.39. The van der Waals surface area contributed by atoms with Crippen molar-refractivity contribution in [2.24, 2.45) is 0 Å². The molecule has 0 aliphatic rings. The number of pyridine rings is 1. The molecule has 0 fully saturated rings. The molecule has 3 rings (SSSR count). The second-order valence-electron chi connectivity index (χ2n) is 7.40. The molecule has 0 radical (unpaired) electrons. The zero-order valence-corrected chi connectivity index (χ0v) is 16.9. The van der Waals surface area contributed by atoms with Gasteiger partial charge in [0.05, 0.1) is 11.3 Å². The fraction of sp³-hybridized carbons (Fsp3) is 0.217. The van der Waals surface area contributed by atoms with Gasteiger partial charge in [0.15, 0.2) is 6.61 Å². The maximum Gasteiger partial charge on any atom is 0.422 e. The molecule has 1 aromatic heterocycles. The molecular formula is C23H21F3N2O3. The Labute approximate surface area is 177 Å². The first kappa shape index (κ1) is 22.3. The number of alkyl halides is 3. The number of anilines is 1. The number of para-hydroxylation sites is 1. The molecule has 8 heteroatoms. The van der Waals surface area contributed by atoms with Crippen molar-refractivity contribution in [1.29, 1.82) is 0 Å². The van der Waals surface area contributed by atoms with E-state index in [1.807, 2.05) is 0 Å². The molecule has 0 bridgehead atoms. The van der Waals surface area contributed by atoms with Crippen LogP contribution in [0.15, 0.2) is 66.7 Å². The molecule has 3 aromatic rings. The Morgan fingerprint density at radius 3 is 2.32 bits per heavy atom. The highest BCUT2D eigenvalue weighted by molar-refractivity contribution is 6.03. The molecule has 1 heterocycles. The number of hydrogen-bond donors (Lipinski definition) is 2. The molecule has 5 nitrogen and oxygen atoms in total. The number of aromatic nitrogens is 1. The number of amides is 1. The summed E-state index contributed by atoms with van der Waals surface area (Å²) < 4.78 is 42.5. The second-order valence-corrected chi connectivity index (χ2v) is 7.40. The van der Waals surface area contributed by atoms with Crippen LogP contribution in [0.2, 0.25) is 0 Å². The summed E-state index contributed by atoms with van der Waals surface area (Å²) in [5.74, 6) is -0.460. The Hall–Kier alpha value is -3.39. The highest BCUT2D eigenvalue weighted by Gasteiger charge is 2.29. The Bertz CT molecular complexity index is 1060. The maximum atomic E-state index is 12.6. The Morgan fingerprint density at radius 1 is 1.00 bits per heavy atom. The lowest BCUT2D eigenvalue weighted by molar-refractivity contribution is -0.153. The summed E-state index contributed by atoms with van der Waals surface area (Å²) in [5, 5.41) is 12.7. The van der Waals surface area contributed by atoms with Crippen molar-refractivity contribution in [3.05, 3.63) is 78.0 Å². The molecule has 2 aromatic carbocycles. The zero-order chi connectivity index (χ0) is 22.6. The van der Waals surface area contributed by atoms with Gasteiger partial charge in [-0.05, 0) is 55.8 Å². The maximum absolute atomic E-state index is 12.6. The van der Waals surface area contributed by atoms with E-state index in [1.54, 1.807) is 68.4 Å². The first-order valence-corrected chi connectivity index (χ1v) is 9.43. The average Bonchev–Trinajstić information content (AvgIpc) is 2.72. The third kappa shape index (κ3) is 6.05. The van der Waals surface area contributed by atoms with Crippen molar-refractivity contribution in [2.75, 3.05) is 11.9 Å². The van der Waals surface area contributed by atoms with Crippen molar-refractivity contribution in [2.45, 2.75) is 25.6 Å². The van der Waals surface area contributed by atoms with Crippen LogP contribution >= 0.6 is 0 Å². The lowest BCUT2D eigenvalue weighted by Crippen LogP contribution is -2.19. The average molecular weight is 430 g/mol. The number of halogens is 3. The van der Waals surface area contributed by atoms with E-state index in [9.17, 15) is 23.1 Å². The molecule has 0 saturated heterocycles. The van der Waals surface area contributed by atoms with E-state index in [0.29, 0.717) is 22.5 Å². The van der Waals surface area contributed by atoms with Crippen molar-refractivity contribution >= 4 is 11.6 Å². The highest BCUT2D eigenvalue weighted by Crippen LogP contribution is 2.30. The van der Waals surface area contributed by atoms with E-state index >= 15 is 0 Å². The molecule has 0 spiro atoms. The normalized spacial score (nSPS) is 11.8. The number of aliphatic hydroxyl groups is 1. The van der Waals surface area contributed by atoms with Gasteiger partial charge in [0, 0.05) is 11.3 Å². The topological polar surface area (TPSA) is 71.5 Å². The van der Waals surface area contributed by atoms with Crippen LogP contribution in [-0.4, -0.2) is 28.8 Å². The van der Waals surface area contributed by atoms with E-state index in [2.05, 4.69) is 10.3 Å². The van der Waals surface area contributed by atoms with Gasteiger partial charge in [-0.2, -0.15) is 13.2 Å². The van der Waals surface area contributed by atoms with Gasteiger partial charge in [-0.3, -0.25) is 4.79 Å². The molecule has 0 unspecified atom stereocenters. The number of benzene rings is 2. The number of nitrogens with zero attached hydrogens (tertiary/aromatic N) is 1. The number of nitrogens with one attached hydrogen (secondary N) is 1. The third-order valence-corrected chi connectivity index (χ3v) is 4.39. The molecule has 2 N–H and O–H groups in total. The SMILES string of the molecule is CC(C)(O)c1ccc(NC(=O)c2cccc(-c3ccccc3OCC(F)(F)F)n2)cc1. The van der Waals surface area contributed by atoms with Gasteiger partial charge >= 0.3 is 6.18 Å². The van der Waals surface area contributed by atoms with E-state index in [-0.39, 0.29) is 11.4 Å². The smallest absolute Gasteiger partial charge is 0.422 e. The lowest BCUT2D eigenvalue weighted by atomic mass is 9.98. The van der Waals surface area contributed by atoms with Crippen molar-refractivity contribution in [3.63, 3.8) is 0 Å². The van der Waals surface area contributed by atoms with Gasteiger partial charge in [-0.15, -0.1) is 0 Å². The molecule has 0 saturated carbocycles. The minimum atomic E-state index is -4.47. The predicted molar refractivity (Wildman–Crippen MR) is 111 cm³/mol. The summed E-state index contributed by atoms with van der Waals surface area (Å²) in [6.07, 6.45) is -4.47. The van der Waals surface area contributed by atoms with E-state index in [0.717, 1.165) is 0 Å². The summed E-state index contributed by atoms with van der Waals surface area (Å²) in [7, 11) is 0. The van der Waals surface area contributed by atoms with E-state index in [4.69, 9.17) is 4.74 Å². The fourth-order valence-corrected chi connectivity index (χ4v) is 2.83. The van der Waals surface area contributed by atoms with Gasteiger partial charge in [-0.1, -0.05) is 30.3 Å². The Morgan fingerprint density at radius 2 is 1.68 bits per heavy atom. The Balaban J connectivity index is 1.80. The first-order chi connectivity index (χ1) is 14.5. The summed E-state index contributed by atoms with van der Waals surface area (Å²) in [5.41, 5.74) is 0.952. The number of hydrogen-bond acceptors (Lipinski definition) is 4. The van der Waals surface area contributed by atoms with Crippen molar-refractivity contribution in [1.82, 2.24) is 4.98 Å². The van der Waals surface area contributed by atoms with Gasteiger partial charge < -0.3 is 15.2 Å². The van der Waals surface area contributed by atoms with Crippen LogP contribution in [-0.2, 0) is 5.60 Å². The van der Waals surface area contributed by atoms with Gasteiger partial charge in [0.1, 0.15) is 11.4 Å². The number of carbonyl (C=O) groups is 1. The summed E-state index contributed by atoms with van der Waals surface area (Å²) in [6, 6.07) is 17.6. The van der Waals surface area contributed by atoms with Gasteiger partial charge in [-0.25, -0.2) is 4.98 Å². The lowest BCUT2D eigenvalue weighted by Gasteiger charge is -2.18. The van der Waals surface area contributed by atoms with Crippen LogP contribution in [0.25, 0.3) is 11.3 Å². The van der Waals surface area contributed by atoms with Crippen LogP contribution in [0, 0.1) is 0 Å². The largest absolute Gasteiger partial charge is 0.483 e. The minimum absolute atomic E-state index is 0.0205. The van der Waals surface area contributed by atoms with Crippen LogP contribution in [0.1, 0.15) is 29.9 Å². The molecule has 0 aliphatic heterocycles. The second kappa shape index (κ2) is 8.77. The molecule has 1 amide bonds. The summed E-state index contributed by atoms with van der Waals surface area (Å²) in [4.78, 5) is 16.9. The minimum Gasteiger partial charge on any atom is -0.483 e. The number of carbonyl (C=O) groups excluding carboxylic acids is 1. The van der Waals surface area contributed by atoms with E-state index in [1.165, 1.54) is 12.1 Å². The van der Waals surface area contributed by atoms with Gasteiger partial charge in [0.2, 0.25) is 0 Å². The first-order valence-electron chi connectivity index (χ1n) is 9.43. The molecule has 162 valence electrons. The predicted octanol–water partition coefficient (Wildman–Crippen LogP) is 5.17.